The number of nitrogens with one attached hydrogen (secondary N) is 1. The molecule has 1 aromatic rings. The summed E-state index contributed by atoms with van der Waals surface area (Å²) in [5, 5.41) is 11.5. The zero-order valence-corrected chi connectivity index (χ0v) is 11.3. The Kier molecular flexibility index (Phi) is 6.26. The van der Waals surface area contributed by atoms with Crippen LogP contribution in [0.3, 0.4) is 0 Å². The number of nitrogens with zero attached hydrogens (tertiary/aromatic N) is 1. The Bertz CT molecular complexity index is 466. The smallest absolute Gasteiger partial charge is 0.271 e. The van der Waals surface area contributed by atoms with Gasteiger partial charge in [0.15, 0.2) is 0 Å². The maximum Gasteiger partial charge on any atom is 0.271 e. The highest BCUT2D eigenvalue weighted by Crippen LogP contribution is 2.05. The highest BCUT2D eigenvalue weighted by molar-refractivity contribution is 7.98. The first-order chi connectivity index (χ1) is 8.69. The second-order valence-electron chi connectivity index (χ2n) is 3.69. The Morgan fingerprint density at radius 3 is 3.11 bits per heavy atom. The first kappa shape index (κ1) is 14.6. The summed E-state index contributed by atoms with van der Waals surface area (Å²) in [4.78, 5) is 16.0. The van der Waals surface area contributed by atoms with Crippen molar-refractivity contribution >= 4 is 17.7 Å². The fourth-order valence-electron chi connectivity index (χ4n) is 1.41. The minimum Gasteiger partial charge on any atom is -0.384 e. The molecule has 1 aromatic heterocycles. The third kappa shape index (κ3) is 4.40. The van der Waals surface area contributed by atoms with Gasteiger partial charge in [0.25, 0.3) is 5.91 Å². The van der Waals surface area contributed by atoms with Crippen molar-refractivity contribution in [2.75, 3.05) is 18.6 Å². The van der Waals surface area contributed by atoms with Crippen molar-refractivity contribution in [1.82, 2.24) is 10.3 Å². The van der Waals surface area contributed by atoms with Gasteiger partial charge in [-0.25, -0.2) is 4.98 Å². The Hall–Kier alpha value is -1.51. The van der Waals surface area contributed by atoms with Gasteiger partial charge in [-0.05, 0) is 25.3 Å². The van der Waals surface area contributed by atoms with Crippen LogP contribution in [0.4, 0.5) is 0 Å². The largest absolute Gasteiger partial charge is 0.384 e. The maximum atomic E-state index is 12.0. The highest BCUT2D eigenvalue weighted by Gasteiger charge is 2.13. The summed E-state index contributed by atoms with van der Waals surface area (Å²) in [6, 6.07) is 3.50. The first-order valence-corrected chi connectivity index (χ1v) is 6.93. The Morgan fingerprint density at radius 2 is 2.44 bits per heavy atom. The zero-order chi connectivity index (χ0) is 13.4. The van der Waals surface area contributed by atoms with E-state index in [0.717, 1.165) is 5.75 Å². The molecule has 18 heavy (non-hydrogen) atoms. The summed E-state index contributed by atoms with van der Waals surface area (Å²) in [5.74, 6) is 5.85. The van der Waals surface area contributed by atoms with Crippen molar-refractivity contribution in [1.29, 1.82) is 0 Å². The molecule has 2 N–H and O–H groups in total. The van der Waals surface area contributed by atoms with E-state index in [1.54, 1.807) is 30.1 Å². The number of aliphatic hydroxyl groups is 1. The van der Waals surface area contributed by atoms with Gasteiger partial charge in [0.05, 0.1) is 5.56 Å². The molecule has 96 valence electrons. The number of hydrogen-bond acceptors (Lipinski definition) is 4. The second-order valence-corrected chi connectivity index (χ2v) is 4.60. The summed E-state index contributed by atoms with van der Waals surface area (Å²) >= 11 is 1.67. The van der Waals surface area contributed by atoms with Crippen molar-refractivity contribution in [2.45, 2.75) is 13.0 Å². The molecule has 0 radical (unpaired) electrons. The number of carbonyl (C=O) groups is 1. The van der Waals surface area contributed by atoms with E-state index in [2.05, 4.69) is 22.1 Å². The van der Waals surface area contributed by atoms with Gasteiger partial charge >= 0.3 is 0 Å². The van der Waals surface area contributed by atoms with E-state index in [0.29, 0.717) is 11.3 Å². The van der Waals surface area contributed by atoms with Gasteiger partial charge in [-0.15, -0.1) is 0 Å². The third-order valence-electron chi connectivity index (χ3n) is 2.12. The van der Waals surface area contributed by atoms with Crippen LogP contribution in [0.1, 0.15) is 23.0 Å². The van der Waals surface area contributed by atoms with Crippen LogP contribution in [0.25, 0.3) is 0 Å². The third-order valence-corrected chi connectivity index (χ3v) is 2.95. The number of amides is 1. The lowest BCUT2D eigenvalue weighted by atomic mass is 10.2. The topological polar surface area (TPSA) is 62.2 Å². The van der Waals surface area contributed by atoms with Crippen molar-refractivity contribution in [3.05, 3.63) is 29.6 Å². The molecule has 0 spiro atoms. The number of aliphatic hydroxyl groups excluding tert-OH is 1. The minimum atomic E-state index is -0.237. The van der Waals surface area contributed by atoms with Gasteiger partial charge < -0.3 is 10.4 Å². The molecule has 0 fully saturated rings. The molecule has 0 bridgehead atoms. The molecule has 1 unspecified atom stereocenters. The van der Waals surface area contributed by atoms with Crippen molar-refractivity contribution in [3.8, 4) is 11.8 Å². The lowest BCUT2D eigenvalue weighted by Crippen LogP contribution is -2.35. The lowest BCUT2D eigenvalue weighted by Gasteiger charge is -2.12. The van der Waals surface area contributed by atoms with E-state index >= 15 is 0 Å². The fourth-order valence-corrected chi connectivity index (χ4v) is 1.99. The number of aromatic nitrogens is 1. The molecule has 0 aliphatic carbocycles. The number of hydrogen-bond donors (Lipinski definition) is 2. The molecular formula is C13H16N2O2S. The molecule has 5 heteroatoms. The Morgan fingerprint density at radius 1 is 1.67 bits per heavy atom. The van der Waals surface area contributed by atoms with Crippen LogP contribution in [0.5, 0.6) is 0 Å². The van der Waals surface area contributed by atoms with Crippen LogP contribution in [0, 0.1) is 11.8 Å². The molecule has 1 atom stereocenters. The standard InChI is InChI=1S/C13H16N2O2S/c1-10(9-18-2)15-13(17)12-11(6-4-8-16)5-3-7-14-12/h3,5,7,10,16H,8-9H2,1-2H3,(H,15,17). The molecule has 1 heterocycles. The molecule has 0 saturated carbocycles. The van der Waals surface area contributed by atoms with Gasteiger partial charge in [0, 0.05) is 18.0 Å². The SMILES string of the molecule is CSCC(C)NC(=O)c1ncccc1C#CCO. The molecule has 0 aromatic carbocycles. The van der Waals surface area contributed by atoms with E-state index in [4.69, 9.17) is 5.11 Å². The second kappa shape index (κ2) is 7.75. The Balaban J connectivity index is 2.85. The molecule has 1 amide bonds. The molecule has 4 nitrogen and oxygen atoms in total. The average Bonchev–Trinajstić information content (AvgIpc) is 2.36. The van der Waals surface area contributed by atoms with Crippen LogP contribution in [-0.4, -0.2) is 40.7 Å². The Labute approximate surface area is 111 Å². The summed E-state index contributed by atoms with van der Waals surface area (Å²) in [7, 11) is 0. The van der Waals surface area contributed by atoms with Gasteiger partial charge in [-0.3, -0.25) is 4.79 Å². The predicted molar refractivity (Wildman–Crippen MR) is 73.5 cm³/mol. The van der Waals surface area contributed by atoms with Crippen LogP contribution < -0.4 is 5.32 Å². The van der Waals surface area contributed by atoms with E-state index in [1.807, 2.05) is 13.2 Å². The fraction of sp³-hybridized carbons (Fsp3) is 0.385. The maximum absolute atomic E-state index is 12.0. The zero-order valence-electron chi connectivity index (χ0n) is 10.4. The molecule has 0 aliphatic rings. The summed E-state index contributed by atoms with van der Waals surface area (Å²) in [6.45, 7) is 1.70. The van der Waals surface area contributed by atoms with Crippen molar-refractivity contribution in [3.63, 3.8) is 0 Å². The van der Waals surface area contributed by atoms with Crippen molar-refractivity contribution in [2.24, 2.45) is 0 Å². The number of pyridine rings is 1. The number of rotatable bonds is 4. The number of carbonyl (C=O) groups excluding carboxylic acids is 1. The average molecular weight is 264 g/mol. The van der Waals surface area contributed by atoms with Gasteiger partial charge in [-0.1, -0.05) is 11.8 Å². The van der Waals surface area contributed by atoms with Gasteiger partial charge in [-0.2, -0.15) is 11.8 Å². The normalized spacial score (nSPS) is 11.3. The monoisotopic (exact) mass is 264 g/mol. The lowest BCUT2D eigenvalue weighted by molar-refractivity contribution is 0.0938. The molecule has 0 saturated heterocycles. The number of thioether (sulfide) groups is 1. The van der Waals surface area contributed by atoms with Crippen LogP contribution in [0.2, 0.25) is 0 Å². The molecule has 0 aliphatic heterocycles. The predicted octanol–water partition coefficient (Wildman–Crippen LogP) is 0.907. The van der Waals surface area contributed by atoms with E-state index in [9.17, 15) is 4.79 Å². The van der Waals surface area contributed by atoms with Crippen LogP contribution in [-0.2, 0) is 0 Å². The van der Waals surface area contributed by atoms with Gasteiger partial charge in [0.1, 0.15) is 12.3 Å². The van der Waals surface area contributed by atoms with E-state index < -0.39 is 0 Å². The molecular weight excluding hydrogens is 248 g/mol. The highest BCUT2D eigenvalue weighted by atomic mass is 32.2. The van der Waals surface area contributed by atoms with Crippen LogP contribution in [0.15, 0.2) is 18.3 Å². The van der Waals surface area contributed by atoms with E-state index in [-0.39, 0.29) is 18.6 Å². The van der Waals surface area contributed by atoms with Gasteiger partial charge in [0.2, 0.25) is 0 Å². The first-order valence-electron chi connectivity index (χ1n) is 5.53. The quantitative estimate of drug-likeness (QED) is 0.793. The summed E-state index contributed by atoms with van der Waals surface area (Å²) in [6.07, 6.45) is 3.54. The van der Waals surface area contributed by atoms with Crippen molar-refractivity contribution < 1.29 is 9.90 Å². The molecule has 1 rings (SSSR count). The van der Waals surface area contributed by atoms with Crippen LogP contribution >= 0.6 is 11.8 Å². The summed E-state index contributed by atoms with van der Waals surface area (Å²) in [5.41, 5.74) is 0.826. The van der Waals surface area contributed by atoms with E-state index in [1.165, 1.54) is 0 Å². The minimum absolute atomic E-state index is 0.0770. The summed E-state index contributed by atoms with van der Waals surface area (Å²) < 4.78 is 0.